The number of rotatable bonds is 2. The van der Waals surface area contributed by atoms with Gasteiger partial charge in [-0.25, -0.2) is 4.39 Å². The Morgan fingerprint density at radius 3 is 2.64 bits per heavy atom. The number of hydrogen-bond acceptors (Lipinski definition) is 2. The third-order valence-corrected chi connectivity index (χ3v) is 4.94. The maximum Gasteiger partial charge on any atom is 0.252 e. The van der Waals surface area contributed by atoms with Crippen molar-refractivity contribution < 1.29 is 13.9 Å². The minimum atomic E-state index is -0.432. The minimum absolute atomic E-state index is 0.00757. The lowest BCUT2D eigenvalue weighted by Crippen LogP contribution is -2.46. The highest BCUT2D eigenvalue weighted by Gasteiger charge is 2.35. The van der Waals surface area contributed by atoms with E-state index in [0.717, 1.165) is 17.5 Å². The fourth-order valence-electron chi connectivity index (χ4n) is 3.69. The third kappa shape index (κ3) is 3.10. The highest BCUT2D eigenvalue weighted by Crippen LogP contribution is 2.36. The molecule has 2 atom stereocenters. The van der Waals surface area contributed by atoms with Gasteiger partial charge >= 0.3 is 0 Å². The molecular formula is C21H20FNO2. The van der Waals surface area contributed by atoms with Crippen molar-refractivity contribution in [2.24, 2.45) is 0 Å². The standard InChI is InChI=1S/C21H20FNO2/c22-17-10-8-16(9-11-17)20-18-6-2-1-5-15(18)12-13-23(20)21(24)19-7-3-4-14-25-19/h1-6,8-11,19-20H,7,12-14H2/t19-,20-/m0/s1. The predicted molar refractivity (Wildman–Crippen MR) is 93.6 cm³/mol. The normalized spacial score (nSPS) is 22.5. The van der Waals surface area contributed by atoms with Crippen LogP contribution in [0.5, 0.6) is 0 Å². The molecule has 4 rings (SSSR count). The van der Waals surface area contributed by atoms with Crippen molar-refractivity contribution in [3.63, 3.8) is 0 Å². The molecule has 0 fully saturated rings. The summed E-state index contributed by atoms with van der Waals surface area (Å²) in [5.74, 6) is -0.264. The number of fused-ring (bicyclic) bond motifs is 1. The monoisotopic (exact) mass is 337 g/mol. The lowest BCUT2D eigenvalue weighted by atomic mass is 9.87. The lowest BCUT2D eigenvalue weighted by molar-refractivity contribution is -0.145. The Balaban J connectivity index is 1.73. The van der Waals surface area contributed by atoms with Gasteiger partial charge in [-0.05, 0) is 35.2 Å². The molecule has 2 aliphatic heterocycles. The average molecular weight is 337 g/mol. The van der Waals surface area contributed by atoms with Gasteiger partial charge in [-0.3, -0.25) is 4.79 Å². The van der Waals surface area contributed by atoms with Gasteiger partial charge in [0.05, 0.1) is 12.6 Å². The molecule has 0 saturated heterocycles. The van der Waals surface area contributed by atoms with Gasteiger partial charge < -0.3 is 9.64 Å². The summed E-state index contributed by atoms with van der Waals surface area (Å²) >= 11 is 0. The van der Waals surface area contributed by atoms with E-state index >= 15 is 0 Å². The van der Waals surface area contributed by atoms with Gasteiger partial charge in [0.25, 0.3) is 5.91 Å². The minimum Gasteiger partial charge on any atom is -0.364 e. The topological polar surface area (TPSA) is 29.5 Å². The molecule has 2 heterocycles. The fraction of sp³-hybridized carbons (Fsp3) is 0.286. The van der Waals surface area contributed by atoms with Crippen molar-refractivity contribution in [1.82, 2.24) is 4.90 Å². The predicted octanol–water partition coefficient (Wildman–Crippen LogP) is 3.64. The number of carbonyl (C=O) groups excluding carboxylic acids is 1. The van der Waals surface area contributed by atoms with Crippen LogP contribution in [0.2, 0.25) is 0 Å². The van der Waals surface area contributed by atoms with E-state index in [0.29, 0.717) is 19.6 Å². The van der Waals surface area contributed by atoms with Gasteiger partial charge in [0, 0.05) is 13.0 Å². The van der Waals surface area contributed by atoms with E-state index < -0.39 is 6.10 Å². The molecule has 4 heteroatoms. The van der Waals surface area contributed by atoms with Crippen LogP contribution in [0.3, 0.4) is 0 Å². The first-order valence-electron chi connectivity index (χ1n) is 8.64. The summed E-state index contributed by atoms with van der Waals surface area (Å²) in [6.45, 7) is 1.11. The zero-order chi connectivity index (χ0) is 17.2. The molecule has 3 nitrogen and oxygen atoms in total. The molecule has 0 spiro atoms. The van der Waals surface area contributed by atoms with Crippen LogP contribution in [0, 0.1) is 5.82 Å². The van der Waals surface area contributed by atoms with Crippen LogP contribution in [0.4, 0.5) is 4.39 Å². The van der Waals surface area contributed by atoms with Crippen LogP contribution in [0.25, 0.3) is 0 Å². The summed E-state index contributed by atoms with van der Waals surface area (Å²) in [5.41, 5.74) is 3.28. The Labute approximate surface area is 146 Å². The molecular weight excluding hydrogens is 317 g/mol. The largest absolute Gasteiger partial charge is 0.364 e. The second-order valence-electron chi connectivity index (χ2n) is 6.46. The van der Waals surface area contributed by atoms with Crippen LogP contribution in [0.1, 0.15) is 29.2 Å². The molecule has 128 valence electrons. The third-order valence-electron chi connectivity index (χ3n) is 4.94. The van der Waals surface area contributed by atoms with E-state index in [4.69, 9.17) is 4.74 Å². The Hall–Kier alpha value is -2.46. The molecule has 0 saturated carbocycles. The van der Waals surface area contributed by atoms with Gasteiger partial charge in [-0.15, -0.1) is 0 Å². The zero-order valence-electron chi connectivity index (χ0n) is 13.9. The molecule has 0 unspecified atom stereocenters. The highest BCUT2D eigenvalue weighted by atomic mass is 19.1. The maximum absolute atomic E-state index is 13.4. The molecule has 2 aliphatic rings. The Bertz CT molecular complexity index is 800. The molecule has 2 aromatic rings. The summed E-state index contributed by atoms with van der Waals surface area (Å²) in [7, 11) is 0. The lowest BCUT2D eigenvalue weighted by Gasteiger charge is -2.39. The molecule has 1 amide bonds. The number of amides is 1. The first-order valence-corrected chi connectivity index (χ1v) is 8.64. The smallest absolute Gasteiger partial charge is 0.252 e. The number of halogens is 1. The summed E-state index contributed by atoms with van der Waals surface area (Å²) < 4.78 is 19.0. The van der Waals surface area contributed by atoms with E-state index in [1.165, 1.54) is 17.7 Å². The van der Waals surface area contributed by atoms with Crippen molar-refractivity contribution in [3.05, 3.63) is 83.2 Å². The van der Waals surface area contributed by atoms with Crippen LogP contribution in [-0.4, -0.2) is 30.1 Å². The summed E-state index contributed by atoms with van der Waals surface area (Å²) in [6, 6.07) is 14.4. The Kier molecular flexibility index (Phi) is 4.36. The molecule has 0 bridgehead atoms. The quantitative estimate of drug-likeness (QED) is 0.783. The van der Waals surface area contributed by atoms with Crippen LogP contribution in [0.15, 0.2) is 60.7 Å². The van der Waals surface area contributed by atoms with Gasteiger partial charge in [-0.1, -0.05) is 48.6 Å². The van der Waals surface area contributed by atoms with Crippen molar-refractivity contribution in [3.8, 4) is 0 Å². The molecule has 2 aromatic carbocycles. The Morgan fingerprint density at radius 2 is 1.88 bits per heavy atom. The van der Waals surface area contributed by atoms with E-state index in [-0.39, 0.29) is 17.8 Å². The highest BCUT2D eigenvalue weighted by molar-refractivity contribution is 5.82. The van der Waals surface area contributed by atoms with Crippen molar-refractivity contribution >= 4 is 5.91 Å². The molecule has 0 aromatic heterocycles. The number of carbonyl (C=O) groups is 1. The number of benzene rings is 2. The maximum atomic E-state index is 13.4. The van der Waals surface area contributed by atoms with Gasteiger partial charge in [0.1, 0.15) is 11.9 Å². The van der Waals surface area contributed by atoms with Gasteiger partial charge in [0.15, 0.2) is 0 Å². The first kappa shape index (κ1) is 16.0. The molecule has 0 radical (unpaired) electrons. The first-order chi connectivity index (χ1) is 12.2. The molecule has 0 aliphatic carbocycles. The van der Waals surface area contributed by atoms with Crippen molar-refractivity contribution in [2.75, 3.05) is 13.2 Å². The SMILES string of the molecule is O=C([C@@H]1CC=CCO1)N1CCc2ccccc2[C@@H]1c1ccc(F)cc1. The second-order valence-corrected chi connectivity index (χ2v) is 6.46. The van der Waals surface area contributed by atoms with Crippen LogP contribution in [-0.2, 0) is 16.0 Å². The van der Waals surface area contributed by atoms with Gasteiger partial charge in [-0.2, -0.15) is 0 Å². The summed E-state index contributed by atoms with van der Waals surface area (Å²) in [5, 5.41) is 0. The van der Waals surface area contributed by atoms with E-state index in [9.17, 15) is 9.18 Å². The molecule has 25 heavy (non-hydrogen) atoms. The number of nitrogens with zero attached hydrogens (tertiary/aromatic N) is 1. The van der Waals surface area contributed by atoms with E-state index in [2.05, 4.69) is 12.1 Å². The van der Waals surface area contributed by atoms with Gasteiger partial charge in [0.2, 0.25) is 0 Å². The second kappa shape index (κ2) is 6.81. The van der Waals surface area contributed by atoms with E-state index in [1.807, 2.05) is 29.2 Å². The summed E-state index contributed by atoms with van der Waals surface area (Å²) in [4.78, 5) is 15.0. The number of ether oxygens (including phenoxy) is 1. The van der Waals surface area contributed by atoms with Crippen LogP contribution < -0.4 is 0 Å². The fourth-order valence-corrected chi connectivity index (χ4v) is 3.69. The summed E-state index contributed by atoms with van der Waals surface area (Å²) in [6.07, 6.45) is 4.93. The Morgan fingerprint density at radius 1 is 1.08 bits per heavy atom. The van der Waals surface area contributed by atoms with E-state index in [1.54, 1.807) is 12.1 Å². The molecule has 0 N–H and O–H groups in total. The van der Waals surface area contributed by atoms with Crippen LogP contribution >= 0.6 is 0 Å². The van der Waals surface area contributed by atoms with Crippen molar-refractivity contribution in [1.29, 1.82) is 0 Å². The van der Waals surface area contributed by atoms with Crippen molar-refractivity contribution in [2.45, 2.75) is 25.0 Å². The average Bonchev–Trinajstić information content (AvgIpc) is 2.68. The zero-order valence-corrected chi connectivity index (χ0v) is 13.9. The number of hydrogen-bond donors (Lipinski definition) is 0.